The zero-order valence-electron chi connectivity index (χ0n) is 15.8. The van der Waals surface area contributed by atoms with Crippen LogP contribution in [0.25, 0.3) is 0 Å². The lowest BCUT2D eigenvalue weighted by Crippen LogP contribution is -2.54. The first kappa shape index (κ1) is 21.9. The SMILES string of the molecule is CCCCCCCCCCCCCC(C)C1OC[C@@H](O)[C@H](O)[C@H]1O. The Labute approximate surface area is 148 Å². The highest BCUT2D eigenvalue weighted by atomic mass is 16.5. The summed E-state index contributed by atoms with van der Waals surface area (Å²) in [5.74, 6) is 0.209. The largest absolute Gasteiger partial charge is 0.388 e. The number of aliphatic hydroxyl groups is 3. The Morgan fingerprint density at radius 2 is 1.29 bits per heavy atom. The van der Waals surface area contributed by atoms with Crippen molar-refractivity contribution in [2.45, 2.75) is 115 Å². The first-order valence-corrected chi connectivity index (χ1v) is 10.2. The van der Waals surface area contributed by atoms with Gasteiger partial charge in [0.15, 0.2) is 0 Å². The lowest BCUT2D eigenvalue weighted by Gasteiger charge is -2.38. The molecule has 4 nitrogen and oxygen atoms in total. The molecule has 1 aliphatic rings. The number of aliphatic hydroxyl groups excluding tert-OH is 3. The molecule has 1 heterocycles. The predicted octanol–water partition coefficient (Wildman–Crippen LogP) is 3.81. The topological polar surface area (TPSA) is 69.9 Å². The van der Waals surface area contributed by atoms with Crippen LogP contribution in [0.2, 0.25) is 0 Å². The summed E-state index contributed by atoms with van der Waals surface area (Å²) in [7, 11) is 0. The molecule has 0 amide bonds. The molecular formula is C20H40O4. The Morgan fingerprint density at radius 1 is 0.792 bits per heavy atom. The number of hydrogen-bond donors (Lipinski definition) is 3. The summed E-state index contributed by atoms with van der Waals surface area (Å²) in [5, 5.41) is 29.3. The monoisotopic (exact) mass is 344 g/mol. The summed E-state index contributed by atoms with van der Waals surface area (Å²) in [5.41, 5.74) is 0. The van der Waals surface area contributed by atoms with Crippen LogP contribution in [0.1, 0.15) is 90.9 Å². The number of hydrogen-bond acceptors (Lipinski definition) is 4. The Kier molecular flexibility index (Phi) is 11.9. The fourth-order valence-corrected chi connectivity index (χ4v) is 3.62. The fourth-order valence-electron chi connectivity index (χ4n) is 3.62. The van der Waals surface area contributed by atoms with Gasteiger partial charge in [-0.2, -0.15) is 0 Å². The maximum atomic E-state index is 10.0. The third-order valence-electron chi connectivity index (χ3n) is 5.36. The van der Waals surface area contributed by atoms with Crippen LogP contribution in [0, 0.1) is 5.92 Å². The Morgan fingerprint density at radius 3 is 1.83 bits per heavy atom. The van der Waals surface area contributed by atoms with E-state index in [0.717, 1.165) is 12.8 Å². The van der Waals surface area contributed by atoms with Crippen LogP contribution < -0.4 is 0 Å². The molecule has 1 rings (SSSR count). The fraction of sp³-hybridized carbons (Fsp3) is 1.00. The van der Waals surface area contributed by atoms with Gasteiger partial charge in [0, 0.05) is 0 Å². The van der Waals surface area contributed by atoms with Crippen molar-refractivity contribution in [2.24, 2.45) is 5.92 Å². The lowest BCUT2D eigenvalue weighted by molar-refractivity contribution is -0.199. The minimum absolute atomic E-state index is 0.117. The first-order valence-electron chi connectivity index (χ1n) is 10.2. The normalized spacial score (nSPS) is 28.9. The molecule has 24 heavy (non-hydrogen) atoms. The summed E-state index contributed by atoms with van der Waals surface area (Å²) in [6.45, 7) is 4.44. The van der Waals surface area contributed by atoms with E-state index in [9.17, 15) is 15.3 Å². The second-order valence-electron chi connectivity index (χ2n) is 7.65. The second kappa shape index (κ2) is 13.1. The molecule has 1 fully saturated rings. The van der Waals surface area contributed by atoms with Crippen molar-refractivity contribution < 1.29 is 20.1 Å². The molecule has 2 unspecified atom stereocenters. The van der Waals surface area contributed by atoms with Crippen LogP contribution in [-0.2, 0) is 4.74 Å². The van der Waals surface area contributed by atoms with E-state index in [0.29, 0.717) is 0 Å². The van der Waals surface area contributed by atoms with E-state index in [-0.39, 0.29) is 18.6 Å². The van der Waals surface area contributed by atoms with E-state index in [1.54, 1.807) is 0 Å². The molecule has 5 atom stereocenters. The third kappa shape index (κ3) is 8.28. The van der Waals surface area contributed by atoms with Crippen molar-refractivity contribution >= 4 is 0 Å². The molecule has 0 spiro atoms. The molecule has 0 aromatic carbocycles. The van der Waals surface area contributed by atoms with E-state index in [4.69, 9.17) is 4.74 Å². The van der Waals surface area contributed by atoms with Crippen LogP contribution in [0.3, 0.4) is 0 Å². The van der Waals surface area contributed by atoms with Gasteiger partial charge < -0.3 is 20.1 Å². The van der Waals surface area contributed by atoms with Crippen molar-refractivity contribution in [1.29, 1.82) is 0 Å². The molecule has 1 aliphatic heterocycles. The maximum absolute atomic E-state index is 10.0. The standard InChI is InChI=1S/C20H40O4/c1-3-4-5-6-7-8-9-10-11-12-13-14-16(2)20-19(23)18(22)17(21)15-24-20/h16-23H,3-15H2,1-2H3/t16?,17-,18+,19-,20?/m1/s1. The summed E-state index contributed by atoms with van der Waals surface area (Å²) in [6, 6.07) is 0. The molecular weight excluding hydrogens is 304 g/mol. The van der Waals surface area contributed by atoms with E-state index in [1.807, 2.05) is 0 Å². The van der Waals surface area contributed by atoms with Gasteiger partial charge in [-0.25, -0.2) is 0 Å². The van der Waals surface area contributed by atoms with Gasteiger partial charge in [0.25, 0.3) is 0 Å². The smallest absolute Gasteiger partial charge is 0.111 e. The van der Waals surface area contributed by atoms with Crippen LogP contribution in [0.5, 0.6) is 0 Å². The van der Waals surface area contributed by atoms with Gasteiger partial charge in [-0.15, -0.1) is 0 Å². The summed E-state index contributed by atoms with van der Waals surface area (Å²) in [4.78, 5) is 0. The molecule has 144 valence electrons. The van der Waals surface area contributed by atoms with Gasteiger partial charge in [0.2, 0.25) is 0 Å². The third-order valence-corrected chi connectivity index (χ3v) is 5.36. The molecule has 1 saturated heterocycles. The molecule has 0 bridgehead atoms. The highest BCUT2D eigenvalue weighted by Crippen LogP contribution is 2.25. The van der Waals surface area contributed by atoms with Crippen molar-refractivity contribution in [1.82, 2.24) is 0 Å². The average Bonchev–Trinajstić information content (AvgIpc) is 2.57. The van der Waals surface area contributed by atoms with Gasteiger partial charge >= 0.3 is 0 Å². The summed E-state index contributed by atoms with van der Waals surface area (Å²) < 4.78 is 5.53. The van der Waals surface area contributed by atoms with E-state index >= 15 is 0 Å². The second-order valence-corrected chi connectivity index (χ2v) is 7.65. The van der Waals surface area contributed by atoms with Crippen molar-refractivity contribution in [3.05, 3.63) is 0 Å². The maximum Gasteiger partial charge on any atom is 0.111 e. The highest BCUT2D eigenvalue weighted by molar-refractivity contribution is 4.88. The lowest BCUT2D eigenvalue weighted by atomic mass is 9.88. The van der Waals surface area contributed by atoms with Crippen LogP contribution in [-0.4, -0.2) is 46.3 Å². The quantitative estimate of drug-likeness (QED) is 0.444. The number of rotatable bonds is 13. The highest BCUT2D eigenvalue weighted by Gasteiger charge is 2.39. The zero-order chi connectivity index (χ0) is 17.8. The molecule has 0 aromatic rings. The van der Waals surface area contributed by atoms with Gasteiger partial charge in [-0.3, -0.25) is 0 Å². The van der Waals surface area contributed by atoms with E-state index < -0.39 is 18.3 Å². The number of unbranched alkanes of at least 4 members (excludes halogenated alkanes) is 10. The summed E-state index contributed by atoms with van der Waals surface area (Å²) >= 11 is 0. The first-order chi connectivity index (χ1) is 11.6. The molecule has 3 N–H and O–H groups in total. The predicted molar refractivity (Wildman–Crippen MR) is 98.0 cm³/mol. The van der Waals surface area contributed by atoms with Gasteiger partial charge in [-0.05, 0) is 12.3 Å². The minimum Gasteiger partial charge on any atom is -0.388 e. The Bertz CT molecular complexity index is 297. The van der Waals surface area contributed by atoms with Crippen LogP contribution in [0.4, 0.5) is 0 Å². The van der Waals surface area contributed by atoms with Crippen LogP contribution >= 0.6 is 0 Å². The summed E-state index contributed by atoms with van der Waals surface area (Å²) in [6.07, 6.45) is 12.2. The molecule has 0 aromatic heterocycles. The van der Waals surface area contributed by atoms with E-state index in [2.05, 4.69) is 13.8 Å². The Hall–Kier alpha value is -0.160. The van der Waals surface area contributed by atoms with Crippen molar-refractivity contribution in [2.75, 3.05) is 6.61 Å². The number of ether oxygens (including phenoxy) is 1. The molecule has 0 aliphatic carbocycles. The Balaban J connectivity index is 1.97. The average molecular weight is 345 g/mol. The van der Waals surface area contributed by atoms with Crippen LogP contribution in [0.15, 0.2) is 0 Å². The van der Waals surface area contributed by atoms with Crippen molar-refractivity contribution in [3.63, 3.8) is 0 Å². The van der Waals surface area contributed by atoms with Gasteiger partial charge in [0.05, 0.1) is 12.7 Å². The molecule has 4 heteroatoms. The van der Waals surface area contributed by atoms with Gasteiger partial charge in [-0.1, -0.05) is 84.5 Å². The minimum atomic E-state index is -1.08. The molecule has 0 saturated carbocycles. The molecule has 0 radical (unpaired) electrons. The zero-order valence-corrected chi connectivity index (χ0v) is 15.8. The van der Waals surface area contributed by atoms with E-state index in [1.165, 1.54) is 64.2 Å². The van der Waals surface area contributed by atoms with Gasteiger partial charge in [0.1, 0.15) is 18.3 Å². The van der Waals surface area contributed by atoms with Crippen molar-refractivity contribution in [3.8, 4) is 0 Å².